The van der Waals surface area contributed by atoms with E-state index >= 15 is 0 Å². The number of hydrogen-bond donors (Lipinski definition) is 0. The molecule has 112 valence electrons. The van der Waals surface area contributed by atoms with E-state index in [9.17, 15) is 0 Å². The Morgan fingerprint density at radius 1 is 1.19 bits per heavy atom. The molecule has 1 nitrogen and oxygen atoms in total. The van der Waals surface area contributed by atoms with Crippen molar-refractivity contribution in [2.75, 3.05) is 0 Å². The zero-order chi connectivity index (χ0) is 19.9. The molecule has 0 spiro atoms. The molecular formula is C19H27GeN. The molecule has 1 aromatic carbocycles. The number of aromatic nitrogens is 1. The fraction of sp³-hybridized carbons (Fsp3) is 0.421. The number of benzene rings is 1. The van der Waals surface area contributed by atoms with Gasteiger partial charge in [-0.3, -0.25) is 0 Å². The van der Waals surface area contributed by atoms with Gasteiger partial charge in [0, 0.05) is 0 Å². The van der Waals surface area contributed by atoms with E-state index < -0.39 is 26.5 Å². The van der Waals surface area contributed by atoms with Gasteiger partial charge in [0.25, 0.3) is 0 Å². The van der Waals surface area contributed by atoms with Crippen LogP contribution in [-0.2, 0) is 6.37 Å². The minimum absolute atomic E-state index is 0.0749. The van der Waals surface area contributed by atoms with Gasteiger partial charge in [-0.2, -0.15) is 0 Å². The van der Waals surface area contributed by atoms with Crippen molar-refractivity contribution >= 4 is 17.7 Å². The third kappa shape index (κ3) is 3.97. The second-order valence-corrected chi connectivity index (χ2v) is 17.2. The number of hydrogen-bond acceptors (Lipinski definition) is 1. The second kappa shape index (κ2) is 6.35. The Bertz CT molecular complexity index is 777. The van der Waals surface area contributed by atoms with Crippen molar-refractivity contribution in [3.8, 4) is 11.3 Å². The summed E-state index contributed by atoms with van der Waals surface area (Å²) in [5.41, 5.74) is 1.89. The Hall–Kier alpha value is -1.09. The van der Waals surface area contributed by atoms with E-state index in [0.717, 1.165) is 5.56 Å². The number of aryl methyl sites for hydroxylation is 1. The van der Waals surface area contributed by atoms with Crippen molar-refractivity contribution in [1.29, 1.82) is 0 Å². The molecular weight excluding hydrogens is 315 g/mol. The maximum atomic E-state index is 8.69. The van der Waals surface area contributed by atoms with Crippen LogP contribution in [0.15, 0.2) is 36.4 Å². The van der Waals surface area contributed by atoms with Crippen LogP contribution in [0.2, 0.25) is 17.3 Å². The van der Waals surface area contributed by atoms with Crippen molar-refractivity contribution in [2.24, 2.45) is 5.92 Å². The molecule has 21 heavy (non-hydrogen) atoms. The van der Waals surface area contributed by atoms with Crippen LogP contribution in [0.4, 0.5) is 0 Å². The predicted octanol–water partition coefficient (Wildman–Crippen LogP) is 4.80. The van der Waals surface area contributed by atoms with Gasteiger partial charge in [-0.05, 0) is 0 Å². The average molecular weight is 347 g/mol. The summed E-state index contributed by atoms with van der Waals surface area (Å²) in [6, 6.07) is 11.2. The van der Waals surface area contributed by atoms with Crippen LogP contribution in [0.1, 0.15) is 32.0 Å². The fourth-order valence-corrected chi connectivity index (χ4v) is 6.09. The normalized spacial score (nSPS) is 16.8. The van der Waals surface area contributed by atoms with Crippen LogP contribution < -0.4 is 4.40 Å². The molecule has 0 saturated heterocycles. The summed E-state index contributed by atoms with van der Waals surface area (Å²) >= 11 is -2.74. The first-order valence-corrected chi connectivity index (χ1v) is 14.7. The van der Waals surface area contributed by atoms with Crippen LogP contribution in [0, 0.1) is 12.8 Å². The summed E-state index contributed by atoms with van der Waals surface area (Å²) in [6.07, 6.45) is -1.62. The molecule has 2 rings (SSSR count). The van der Waals surface area contributed by atoms with E-state index in [1.54, 1.807) is 6.07 Å². The van der Waals surface area contributed by atoms with Crippen LogP contribution in [0.25, 0.3) is 11.3 Å². The maximum absolute atomic E-state index is 8.69. The van der Waals surface area contributed by atoms with E-state index in [1.807, 2.05) is 44.2 Å². The van der Waals surface area contributed by atoms with Crippen molar-refractivity contribution in [3.63, 3.8) is 0 Å². The van der Waals surface area contributed by atoms with E-state index in [4.69, 9.17) is 6.85 Å². The molecule has 0 aliphatic carbocycles. The monoisotopic (exact) mass is 348 g/mol. The topological polar surface area (TPSA) is 12.9 Å². The Labute approximate surface area is 139 Å². The van der Waals surface area contributed by atoms with Gasteiger partial charge in [-0.1, -0.05) is 0 Å². The molecule has 0 radical (unpaired) electrons. The molecule has 0 aliphatic rings. The number of pyridine rings is 1. The molecule has 0 bridgehead atoms. The van der Waals surface area contributed by atoms with Crippen LogP contribution in [0.5, 0.6) is 0 Å². The average Bonchev–Trinajstić information content (AvgIpc) is 2.52. The van der Waals surface area contributed by atoms with Gasteiger partial charge in [0.15, 0.2) is 0 Å². The SMILES string of the molecule is [2H]C([2H])([2H])c1nc(-c2ccccc2)cc(C([2H])([2H])C(C)C)[c]1[Ge]([CH3])([CH3])[CH3]. The van der Waals surface area contributed by atoms with Crippen molar-refractivity contribution in [3.05, 3.63) is 47.7 Å². The fourth-order valence-electron chi connectivity index (χ4n) is 2.49. The van der Waals surface area contributed by atoms with E-state index in [-0.39, 0.29) is 11.6 Å². The molecule has 0 unspecified atom stereocenters. The third-order valence-electron chi connectivity index (χ3n) is 3.28. The summed E-state index contributed by atoms with van der Waals surface area (Å²) in [5.74, 6) is 6.00. The molecule has 0 aliphatic heterocycles. The van der Waals surface area contributed by atoms with Gasteiger partial charge < -0.3 is 0 Å². The first-order valence-electron chi connectivity index (χ1n) is 9.88. The predicted molar refractivity (Wildman–Crippen MR) is 95.9 cm³/mol. The standard InChI is InChI=1S/C19H27GeN/c1-14(2)12-17-13-18(16-10-8-7-9-11-16)21-15(3)19(17)20(4,5)6/h7-11,13-14H,12H2,1-6H3/i3D3,12D2. The summed E-state index contributed by atoms with van der Waals surface area (Å²) in [7, 11) is 0. The summed E-state index contributed by atoms with van der Waals surface area (Å²) in [4.78, 5) is 4.53. The molecule has 0 N–H and O–H groups in total. The Morgan fingerprint density at radius 3 is 2.38 bits per heavy atom. The molecule has 1 heterocycles. The first-order chi connectivity index (χ1) is 11.8. The van der Waals surface area contributed by atoms with Gasteiger partial charge in [0.2, 0.25) is 0 Å². The van der Waals surface area contributed by atoms with Gasteiger partial charge >= 0.3 is 139 Å². The summed E-state index contributed by atoms with van der Waals surface area (Å²) in [5, 5.41) is 0. The van der Waals surface area contributed by atoms with E-state index in [2.05, 4.69) is 22.3 Å². The van der Waals surface area contributed by atoms with Crippen LogP contribution >= 0.6 is 0 Å². The first kappa shape index (κ1) is 10.6. The van der Waals surface area contributed by atoms with Crippen molar-refractivity contribution in [2.45, 2.75) is 44.3 Å². The van der Waals surface area contributed by atoms with E-state index in [0.29, 0.717) is 15.7 Å². The molecule has 1 aromatic heterocycles. The van der Waals surface area contributed by atoms with Crippen LogP contribution in [0.3, 0.4) is 0 Å². The van der Waals surface area contributed by atoms with Gasteiger partial charge in [-0.15, -0.1) is 0 Å². The zero-order valence-corrected chi connectivity index (χ0v) is 15.6. The Morgan fingerprint density at radius 2 is 1.86 bits per heavy atom. The zero-order valence-electron chi connectivity index (χ0n) is 18.5. The van der Waals surface area contributed by atoms with Crippen LogP contribution in [-0.4, -0.2) is 18.3 Å². The number of rotatable bonds is 4. The molecule has 0 atom stereocenters. The summed E-state index contributed by atoms with van der Waals surface area (Å²) < 4.78 is 42.2. The quantitative estimate of drug-likeness (QED) is 0.724. The Balaban J connectivity index is 2.95. The molecule has 2 heteroatoms. The summed E-state index contributed by atoms with van der Waals surface area (Å²) in [6.45, 7) is 1.29. The third-order valence-corrected chi connectivity index (χ3v) is 7.49. The molecule has 0 amide bonds. The van der Waals surface area contributed by atoms with E-state index in [1.165, 1.54) is 0 Å². The van der Waals surface area contributed by atoms with Gasteiger partial charge in [-0.25, -0.2) is 0 Å². The van der Waals surface area contributed by atoms with Gasteiger partial charge in [0.1, 0.15) is 0 Å². The van der Waals surface area contributed by atoms with Crippen molar-refractivity contribution in [1.82, 2.24) is 4.98 Å². The van der Waals surface area contributed by atoms with Crippen molar-refractivity contribution < 1.29 is 6.85 Å². The Kier molecular flexibility index (Phi) is 3.21. The molecule has 0 fully saturated rings. The minimum atomic E-state index is -2.74. The van der Waals surface area contributed by atoms with Gasteiger partial charge in [0.05, 0.1) is 0 Å². The second-order valence-electron chi connectivity index (χ2n) is 6.69. The molecule has 2 aromatic rings. The number of nitrogens with zero attached hydrogens (tertiary/aromatic N) is 1. The molecule has 0 saturated carbocycles.